The molecule has 0 aliphatic heterocycles. The molecular weight excluding hydrogens is 259 g/mol. The molecule has 1 aromatic carbocycles. The molecule has 0 unspecified atom stereocenters. The van der Waals surface area contributed by atoms with Crippen molar-refractivity contribution in [2.24, 2.45) is 0 Å². The fraction of sp³-hybridized carbons (Fsp3) is 0.200. The first-order chi connectivity index (χ1) is 9.61. The van der Waals surface area contributed by atoms with Gasteiger partial charge in [-0.3, -0.25) is 0 Å². The number of hydrogen-bond acceptors (Lipinski definition) is 3. The number of benzene rings is 1. The van der Waals surface area contributed by atoms with Gasteiger partial charge in [0.25, 0.3) is 0 Å². The van der Waals surface area contributed by atoms with Gasteiger partial charge in [0.05, 0.1) is 5.69 Å². The van der Waals surface area contributed by atoms with Gasteiger partial charge in [0.2, 0.25) is 0 Å². The molecule has 0 atom stereocenters. The Hall–Kier alpha value is -2.43. The second-order valence-corrected chi connectivity index (χ2v) is 4.32. The van der Waals surface area contributed by atoms with Crippen LogP contribution < -0.4 is 4.90 Å². The number of carbonyl (C=O) groups is 1. The van der Waals surface area contributed by atoms with E-state index in [0.29, 0.717) is 18.8 Å². The monoisotopic (exact) mass is 274 g/mol. The minimum atomic E-state index is -1.07. The molecule has 2 aromatic rings. The molecule has 0 bridgehead atoms. The third-order valence-corrected chi connectivity index (χ3v) is 2.99. The predicted molar refractivity (Wildman–Crippen MR) is 74.3 cm³/mol. The molecule has 0 saturated carbocycles. The normalized spacial score (nSPS) is 10.3. The molecule has 0 amide bonds. The first-order valence-electron chi connectivity index (χ1n) is 6.29. The molecule has 5 heteroatoms. The third-order valence-electron chi connectivity index (χ3n) is 2.99. The number of para-hydroxylation sites is 1. The number of carboxylic acid groups (broad SMARTS) is 1. The maximum Gasteiger partial charge on any atom is 0.354 e. The molecule has 20 heavy (non-hydrogen) atoms. The zero-order valence-electron chi connectivity index (χ0n) is 11.1. The topological polar surface area (TPSA) is 53.4 Å². The fourth-order valence-electron chi connectivity index (χ4n) is 1.99. The Morgan fingerprint density at radius 2 is 2.10 bits per heavy atom. The summed E-state index contributed by atoms with van der Waals surface area (Å²) in [6.07, 6.45) is 1.45. The number of pyridine rings is 1. The Kier molecular flexibility index (Phi) is 4.30. The molecule has 0 saturated heterocycles. The smallest absolute Gasteiger partial charge is 0.354 e. The highest BCUT2D eigenvalue weighted by molar-refractivity contribution is 5.85. The lowest BCUT2D eigenvalue weighted by atomic mass is 10.2. The molecule has 0 fully saturated rings. The summed E-state index contributed by atoms with van der Waals surface area (Å²) in [6.45, 7) is 2.97. The van der Waals surface area contributed by atoms with Crippen molar-refractivity contribution >= 4 is 11.7 Å². The average Bonchev–Trinajstić information content (AvgIpc) is 2.46. The molecule has 1 N–H and O–H groups in total. The standard InChI is InChI=1S/C15H15FN2O2/c1-2-18(14-6-4-3-5-12(14)16)10-11-7-8-17-13(9-11)15(19)20/h3-9H,2,10H2,1H3,(H,19,20). The van der Waals surface area contributed by atoms with E-state index in [9.17, 15) is 9.18 Å². The highest BCUT2D eigenvalue weighted by Gasteiger charge is 2.11. The summed E-state index contributed by atoms with van der Waals surface area (Å²) in [7, 11) is 0. The van der Waals surface area contributed by atoms with Gasteiger partial charge in [-0.1, -0.05) is 12.1 Å². The van der Waals surface area contributed by atoms with Crippen molar-refractivity contribution in [1.29, 1.82) is 0 Å². The number of anilines is 1. The van der Waals surface area contributed by atoms with Gasteiger partial charge in [0.15, 0.2) is 0 Å². The van der Waals surface area contributed by atoms with E-state index in [2.05, 4.69) is 4.98 Å². The van der Waals surface area contributed by atoms with Crippen molar-refractivity contribution in [1.82, 2.24) is 4.98 Å². The number of halogens is 1. The van der Waals surface area contributed by atoms with Gasteiger partial charge < -0.3 is 10.0 Å². The molecule has 0 aliphatic carbocycles. The summed E-state index contributed by atoms with van der Waals surface area (Å²) in [5.74, 6) is -1.36. The van der Waals surface area contributed by atoms with E-state index in [4.69, 9.17) is 5.11 Å². The van der Waals surface area contributed by atoms with Crippen LogP contribution in [0, 0.1) is 5.82 Å². The summed E-state index contributed by atoms with van der Waals surface area (Å²) in [5, 5.41) is 8.93. The van der Waals surface area contributed by atoms with Crippen LogP contribution in [0.4, 0.5) is 10.1 Å². The average molecular weight is 274 g/mol. The van der Waals surface area contributed by atoms with Crippen LogP contribution in [0.2, 0.25) is 0 Å². The van der Waals surface area contributed by atoms with Crippen LogP contribution in [0.25, 0.3) is 0 Å². The summed E-state index contributed by atoms with van der Waals surface area (Å²) >= 11 is 0. The lowest BCUT2D eigenvalue weighted by molar-refractivity contribution is 0.0690. The lowest BCUT2D eigenvalue weighted by Crippen LogP contribution is -2.23. The van der Waals surface area contributed by atoms with Gasteiger partial charge in [-0.05, 0) is 36.8 Å². The summed E-state index contributed by atoms with van der Waals surface area (Å²) in [5.41, 5.74) is 1.28. The SMILES string of the molecule is CCN(Cc1ccnc(C(=O)O)c1)c1ccccc1F. The summed E-state index contributed by atoms with van der Waals surface area (Å²) in [4.78, 5) is 16.5. The highest BCUT2D eigenvalue weighted by atomic mass is 19.1. The van der Waals surface area contributed by atoms with Gasteiger partial charge in [-0.25, -0.2) is 14.2 Å². The highest BCUT2D eigenvalue weighted by Crippen LogP contribution is 2.20. The minimum Gasteiger partial charge on any atom is -0.477 e. The minimum absolute atomic E-state index is 0.00733. The number of hydrogen-bond donors (Lipinski definition) is 1. The molecule has 4 nitrogen and oxygen atoms in total. The largest absolute Gasteiger partial charge is 0.477 e. The number of nitrogens with zero attached hydrogens (tertiary/aromatic N) is 2. The molecule has 1 heterocycles. The quantitative estimate of drug-likeness (QED) is 0.910. The molecule has 0 spiro atoms. The van der Waals surface area contributed by atoms with E-state index in [1.165, 1.54) is 18.3 Å². The first kappa shape index (κ1) is 14.0. The fourth-order valence-corrected chi connectivity index (χ4v) is 1.99. The van der Waals surface area contributed by atoms with Gasteiger partial charge in [-0.15, -0.1) is 0 Å². The molecule has 0 aliphatic rings. The lowest BCUT2D eigenvalue weighted by Gasteiger charge is -2.23. The van der Waals surface area contributed by atoms with Gasteiger partial charge in [-0.2, -0.15) is 0 Å². The van der Waals surface area contributed by atoms with Crippen molar-refractivity contribution in [3.63, 3.8) is 0 Å². The van der Waals surface area contributed by atoms with Crippen LogP contribution in [0.3, 0.4) is 0 Å². The maximum atomic E-state index is 13.8. The second kappa shape index (κ2) is 6.14. The molecule has 2 rings (SSSR count). The molecule has 104 valence electrons. The van der Waals surface area contributed by atoms with Crippen molar-refractivity contribution in [3.05, 3.63) is 59.7 Å². The van der Waals surface area contributed by atoms with Crippen molar-refractivity contribution < 1.29 is 14.3 Å². The van der Waals surface area contributed by atoms with E-state index in [1.54, 1.807) is 24.3 Å². The second-order valence-electron chi connectivity index (χ2n) is 4.32. The number of rotatable bonds is 5. The van der Waals surface area contributed by atoms with E-state index in [0.717, 1.165) is 5.56 Å². The van der Waals surface area contributed by atoms with Crippen molar-refractivity contribution in [2.45, 2.75) is 13.5 Å². The van der Waals surface area contributed by atoms with E-state index in [-0.39, 0.29) is 11.5 Å². The van der Waals surface area contributed by atoms with Crippen molar-refractivity contribution in [3.8, 4) is 0 Å². The van der Waals surface area contributed by atoms with E-state index >= 15 is 0 Å². The Balaban J connectivity index is 2.25. The number of aromatic nitrogens is 1. The van der Waals surface area contributed by atoms with Gasteiger partial charge >= 0.3 is 5.97 Å². The van der Waals surface area contributed by atoms with Crippen LogP contribution in [0.15, 0.2) is 42.6 Å². The maximum absolute atomic E-state index is 13.8. The van der Waals surface area contributed by atoms with Crippen LogP contribution in [-0.2, 0) is 6.54 Å². The zero-order chi connectivity index (χ0) is 14.5. The van der Waals surface area contributed by atoms with Gasteiger partial charge in [0.1, 0.15) is 11.5 Å². The Morgan fingerprint density at radius 3 is 2.75 bits per heavy atom. The Labute approximate surface area is 116 Å². The van der Waals surface area contributed by atoms with Crippen molar-refractivity contribution in [2.75, 3.05) is 11.4 Å². The van der Waals surface area contributed by atoms with Gasteiger partial charge in [0, 0.05) is 19.3 Å². The zero-order valence-corrected chi connectivity index (χ0v) is 11.1. The molecular formula is C15H15FN2O2. The van der Waals surface area contributed by atoms with Crippen LogP contribution in [0.5, 0.6) is 0 Å². The van der Waals surface area contributed by atoms with E-state index in [1.807, 2.05) is 11.8 Å². The molecule has 0 radical (unpaired) electrons. The van der Waals surface area contributed by atoms with E-state index < -0.39 is 5.97 Å². The predicted octanol–water partition coefficient (Wildman–Crippen LogP) is 2.95. The summed E-state index contributed by atoms with van der Waals surface area (Å²) in [6, 6.07) is 9.77. The first-order valence-corrected chi connectivity index (χ1v) is 6.29. The van der Waals surface area contributed by atoms with Crippen LogP contribution in [0.1, 0.15) is 23.0 Å². The number of carboxylic acids is 1. The van der Waals surface area contributed by atoms with Crippen LogP contribution >= 0.6 is 0 Å². The third kappa shape index (κ3) is 3.12. The Bertz CT molecular complexity index is 616. The molecule has 1 aromatic heterocycles. The Morgan fingerprint density at radius 1 is 1.35 bits per heavy atom. The summed E-state index contributed by atoms with van der Waals surface area (Å²) < 4.78 is 13.8. The van der Waals surface area contributed by atoms with Crippen LogP contribution in [-0.4, -0.2) is 22.6 Å². The number of aromatic carboxylic acids is 1.